The molecule has 0 saturated carbocycles. The van der Waals surface area contributed by atoms with E-state index in [9.17, 15) is 5.11 Å². The molecule has 120 valence electrons. The topological polar surface area (TPSA) is 32.7 Å². The Labute approximate surface area is 129 Å². The van der Waals surface area contributed by atoms with Gasteiger partial charge in [0, 0.05) is 26.2 Å². The minimum Gasteiger partial charge on any atom is -0.388 e. The van der Waals surface area contributed by atoms with Crippen molar-refractivity contribution in [2.24, 2.45) is 5.92 Å². The summed E-state index contributed by atoms with van der Waals surface area (Å²) in [4.78, 5) is 2.46. The van der Waals surface area contributed by atoms with Crippen LogP contribution in [0.5, 0.6) is 0 Å². The van der Waals surface area contributed by atoms with Gasteiger partial charge in [0.15, 0.2) is 0 Å². The van der Waals surface area contributed by atoms with Gasteiger partial charge in [-0.3, -0.25) is 4.90 Å². The molecule has 0 aliphatic carbocycles. The number of rotatable bonds is 10. The van der Waals surface area contributed by atoms with Gasteiger partial charge in [0.1, 0.15) is 0 Å². The van der Waals surface area contributed by atoms with Crippen LogP contribution in [0.1, 0.15) is 45.3 Å². The average Bonchev–Trinajstić information content (AvgIpc) is 2.53. The zero-order valence-corrected chi connectivity index (χ0v) is 14.0. The summed E-state index contributed by atoms with van der Waals surface area (Å²) in [5.41, 5.74) is 1.00. The largest absolute Gasteiger partial charge is 0.388 e. The molecule has 0 saturated heterocycles. The lowest BCUT2D eigenvalue weighted by Crippen LogP contribution is -2.41. The molecular weight excluding hydrogens is 262 g/mol. The van der Waals surface area contributed by atoms with Crippen molar-refractivity contribution in [3.05, 3.63) is 35.9 Å². The second-order valence-electron chi connectivity index (χ2n) is 5.79. The lowest BCUT2D eigenvalue weighted by molar-refractivity contribution is 0.0556. The Morgan fingerprint density at radius 2 is 1.76 bits per heavy atom. The van der Waals surface area contributed by atoms with Crippen molar-refractivity contribution < 1.29 is 9.84 Å². The van der Waals surface area contributed by atoms with Gasteiger partial charge in [0.25, 0.3) is 0 Å². The van der Waals surface area contributed by atoms with E-state index in [1.54, 1.807) is 7.11 Å². The van der Waals surface area contributed by atoms with E-state index in [2.05, 4.69) is 25.7 Å². The molecule has 2 atom stereocenters. The highest BCUT2D eigenvalue weighted by Gasteiger charge is 2.22. The predicted molar refractivity (Wildman–Crippen MR) is 88.4 cm³/mol. The van der Waals surface area contributed by atoms with E-state index in [0.29, 0.717) is 6.04 Å². The fraction of sp³-hybridized carbons (Fsp3) is 0.667. The molecule has 2 unspecified atom stereocenters. The van der Waals surface area contributed by atoms with Gasteiger partial charge in [-0.2, -0.15) is 0 Å². The summed E-state index contributed by atoms with van der Waals surface area (Å²) in [6.07, 6.45) is 1.86. The molecule has 1 rings (SSSR count). The van der Waals surface area contributed by atoms with Gasteiger partial charge in [-0.05, 0) is 24.3 Å². The molecule has 0 spiro atoms. The lowest BCUT2D eigenvalue weighted by Gasteiger charge is -2.34. The highest BCUT2D eigenvalue weighted by molar-refractivity contribution is 5.17. The van der Waals surface area contributed by atoms with E-state index in [0.717, 1.165) is 38.1 Å². The smallest absolute Gasteiger partial charge is 0.0827 e. The van der Waals surface area contributed by atoms with Crippen molar-refractivity contribution in [3.8, 4) is 0 Å². The third-order valence-electron chi connectivity index (χ3n) is 4.24. The molecule has 1 aromatic carbocycles. The molecule has 1 N–H and O–H groups in total. The fourth-order valence-corrected chi connectivity index (χ4v) is 2.89. The van der Waals surface area contributed by atoms with Gasteiger partial charge in [0.2, 0.25) is 0 Å². The normalized spacial score (nSPS) is 14.6. The number of nitrogens with zero attached hydrogens (tertiary/aromatic N) is 1. The van der Waals surface area contributed by atoms with Crippen molar-refractivity contribution >= 4 is 0 Å². The predicted octanol–water partition coefficient (Wildman–Crippen LogP) is 3.49. The maximum Gasteiger partial charge on any atom is 0.0827 e. The van der Waals surface area contributed by atoms with Crippen molar-refractivity contribution in [2.45, 2.75) is 45.8 Å². The van der Waals surface area contributed by atoms with E-state index in [4.69, 9.17) is 4.74 Å². The quantitative estimate of drug-likeness (QED) is 0.717. The van der Waals surface area contributed by atoms with E-state index in [1.807, 2.05) is 30.3 Å². The number of aliphatic hydroxyl groups excluding tert-OH is 1. The third kappa shape index (κ3) is 5.77. The molecule has 0 amide bonds. The molecule has 3 nitrogen and oxygen atoms in total. The molecule has 0 radical (unpaired) electrons. The first kappa shape index (κ1) is 18.1. The number of hydrogen-bond acceptors (Lipinski definition) is 3. The van der Waals surface area contributed by atoms with Crippen molar-refractivity contribution in [1.82, 2.24) is 4.90 Å². The Morgan fingerprint density at radius 1 is 1.14 bits per heavy atom. The van der Waals surface area contributed by atoms with Crippen LogP contribution in [0.3, 0.4) is 0 Å². The first-order chi connectivity index (χ1) is 10.1. The third-order valence-corrected chi connectivity index (χ3v) is 4.24. The molecule has 0 aromatic heterocycles. The number of ether oxygens (including phenoxy) is 1. The summed E-state index contributed by atoms with van der Waals surface area (Å²) >= 11 is 0. The standard InChI is InChI=1S/C18H31NO2/c1-5-17(6-2)19(12-13-21-4)14-15(3)18(20)16-10-8-7-9-11-16/h7-11,15,17-18,20H,5-6,12-14H2,1-4H3. The van der Waals surface area contributed by atoms with Crippen molar-refractivity contribution in [1.29, 1.82) is 0 Å². The maximum atomic E-state index is 10.5. The second kappa shape index (κ2) is 9.93. The highest BCUT2D eigenvalue weighted by Crippen LogP contribution is 2.23. The average molecular weight is 293 g/mol. The summed E-state index contributed by atoms with van der Waals surface area (Å²) < 4.78 is 5.23. The number of aliphatic hydroxyl groups is 1. The van der Waals surface area contributed by atoms with Crippen molar-refractivity contribution in [2.75, 3.05) is 26.8 Å². The Hall–Kier alpha value is -0.900. The van der Waals surface area contributed by atoms with Gasteiger partial charge >= 0.3 is 0 Å². The number of benzene rings is 1. The monoisotopic (exact) mass is 293 g/mol. The van der Waals surface area contributed by atoms with Crippen LogP contribution in [0.15, 0.2) is 30.3 Å². The van der Waals surface area contributed by atoms with Crippen LogP contribution >= 0.6 is 0 Å². The van der Waals surface area contributed by atoms with E-state index >= 15 is 0 Å². The molecule has 0 aliphatic rings. The summed E-state index contributed by atoms with van der Waals surface area (Å²) in [7, 11) is 1.74. The lowest BCUT2D eigenvalue weighted by atomic mass is 9.96. The molecule has 0 bridgehead atoms. The molecule has 0 aliphatic heterocycles. The van der Waals surface area contributed by atoms with Gasteiger partial charge in [-0.25, -0.2) is 0 Å². The minimum atomic E-state index is -0.411. The number of methoxy groups -OCH3 is 1. The fourth-order valence-electron chi connectivity index (χ4n) is 2.89. The Kier molecular flexibility index (Phi) is 8.58. The number of hydrogen-bond donors (Lipinski definition) is 1. The first-order valence-electron chi connectivity index (χ1n) is 8.09. The van der Waals surface area contributed by atoms with Crippen LogP contribution in [0, 0.1) is 5.92 Å². The minimum absolute atomic E-state index is 0.199. The van der Waals surface area contributed by atoms with E-state index in [-0.39, 0.29) is 5.92 Å². The SMILES string of the molecule is CCC(CC)N(CCOC)CC(C)C(O)c1ccccc1. The molecular formula is C18H31NO2. The summed E-state index contributed by atoms with van der Waals surface area (Å²) in [6.45, 7) is 9.14. The van der Waals surface area contributed by atoms with E-state index in [1.165, 1.54) is 0 Å². The van der Waals surface area contributed by atoms with Crippen LogP contribution in [-0.2, 0) is 4.74 Å². The van der Waals surface area contributed by atoms with Crippen LogP contribution in [0.2, 0.25) is 0 Å². The van der Waals surface area contributed by atoms with Crippen LogP contribution < -0.4 is 0 Å². The molecule has 21 heavy (non-hydrogen) atoms. The van der Waals surface area contributed by atoms with Crippen molar-refractivity contribution in [3.63, 3.8) is 0 Å². The first-order valence-corrected chi connectivity index (χ1v) is 8.09. The summed E-state index contributed by atoms with van der Waals surface area (Å²) in [5, 5.41) is 10.5. The summed E-state index contributed by atoms with van der Waals surface area (Å²) in [5.74, 6) is 0.199. The molecule has 1 aromatic rings. The second-order valence-corrected chi connectivity index (χ2v) is 5.79. The van der Waals surface area contributed by atoms with Crippen LogP contribution in [-0.4, -0.2) is 42.9 Å². The van der Waals surface area contributed by atoms with Gasteiger partial charge in [0.05, 0.1) is 12.7 Å². The highest BCUT2D eigenvalue weighted by atomic mass is 16.5. The Bertz CT molecular complexity index is 365. The van der Waals surface area contributed by atoms with Crippen LogP contribution in [0.25, 0.3) is 0 Å². The van der Waals surface area contributed by atoms with Crippen LogP contribution in [0.4, 0.5) is 0 Å². The van der Waals surface area contributed by atoms with Gasteiger partial charge in [-0.15, -0.1) is 0 Å². The maximum absolute atomic E-state index is 10.5. The molecule has 3 heteroatoms. The molecule has 0 heterocycles. The zero-order valence-electron chi connectivity index (χ0n) is 14.0. The van der Waals surface area contributed by atoms with Gasteiger partial charge < -0.3 is 9.84 Å². The Morgan fingerprint density at radius 3 is 2.29 bits per heavy atom. The summed E-state index contributed by atoms with van der Waals surface area (Å²) in [6, 6.07) is 10.5. The van der Waals surface area contributed by atoms with Gasteiger partial charge in [-0.1, -0.05) is 51.1 Å². The Balaban J connectivity index is 2.67. The molecule has 0 fully saturated rings. The van der Waals surface area contributed by atoms with E-state index < -0.39 is 6.10 Å². The zero-order chi connectivity index (χ0) is 15.7.